The van der Waals surface area contributed by atoms with Crippen LogP contribution in [0.5, 0.6) is 0 Å². The number of benzene rings is 1. The molecule has 0 saturated carbocycles. The molecule has 3 nitrogen and oxygen atoms in total. The van der Waals surface area contributed by atoms with Crippen molar-refractivity contribution in [2.75, 3.05) is 6.54 Å². The fraction of sp³-hybridized carbons (Fsp3) is 0.462. The predicted octanol–water partition coefficient (Wildman–Crippen LogP) is 2.67. The number of rotatable bonds is 5. The van der Waals surface area contributed by atoms with Crippen LogP contribution in [0.15, 0.2) is 18.2 Å². The molecule has 5 heteroatoms. The lowest BCUT2D eigenvalue weighted by Crippen LogP contribution is -2.35. The number of hydrogen-bond donors (Lipinski definition) is 2. The zero-order valence-electron chi connectivity index (χ0n) is 10.4. The van der Waals surface area contributed by atoms with Crippen molar-refractivity contribution < 1.29 is 9.90 Å². The summed E-state index contributed by atoms with van der Waals surface area (Å²) < 4.78 is 0. The average Bonchev–Trinajstić information content (AvgIpc) is 2.30. The predicted molar refractivity (Wildman–Crippen MR) is 74.0 cm³/mol. The van der Waals surface area contributed by atoms with Gasteiger partial charge in [0, 0.05) is 6.54 Å². The van der Waals surface area contributed by atoms with E-state index in [0.717, 1.165) is 5.56 Å². The van der Waals surface area contributed by atoms with Gasteiger partial charge in [0.05, 0.1) is 22.6 Å². The molecule has 2 N–H and O–H groups in total. The van der Waals surface area contributed by atoms with Gasteiger partial charge >= 0.3 is 0 Å². The molecule has 100 valence electrons. The molecule has 0 aliphatic heterocycles. The molecule has 0 aromatic heterocycles. The number of halogens is 2. The molecule has 0 radical (unpaired) electrons. The molecule has 0 spiro atoms. The van der Waals surface area contributed by atoms with Gasteiger partial charge in [-0.05, 0) is 23.6 Å². The average molecular weight is 290 g/mol. The lowest BCUT2D eigenvalue weighted by atomic mass is 10.1. The number of nitrogens with one attached hydrogen (secondary N) is 1. The van der Waals surface area contributed by atoms with Gasteiger partial charge in [-0.1, -0.05) is 43.1 Å². The molecule has 0 bridgehead atoms. The van der Waals surface area contributed by atoms with Gasteiger partial charge in [-0.25, -0.2) is 0 Å². The summed E-state index contributed by atoms with van der Waals surface area (Å²) >= 11 is 11.7. The van der Waals surface area contributed by atoms with E-state index in [2.05, 4.69) is 5.32 Å². The highest BCUT2D eigenvalue weighted by atomic mass is 35.5. The van der Waals surface area contributed by atoms with E-state index in [1.165, 1.54) is 0 Å². The summed E-state index contributed by atoms with van der Waals surface area (Å²) in [6, 6.07) is 5.09. The Kier molecular flexibility index (Phi) is 5.93. The highest BCUT2D eigenvalue weighted by Gasteiger charge is 2.11. The Bertz CT molecular complexity index is 421. The molecule has 0 heterocycles. The van der Waals surface area contributed by atoms with Crippen molar-refractivity contribution >= 4 is 29.1 Å². The third-order valence-corrected chi connectivity index (χ3v) is 3.37. The number of carbonyl (C=O) groups excluding carboxylic acids is 1. The van der Waals surface area contributed by atoms with Crippen molar-refractivity contribution in [3.05, 3.63) is 33.8 Å². The molecule has 1 amide bonds. The first-order valence-electron chi connectivity index (χ1n) is 5.79. The van der Waals surface area contributed by atoms with Gasteiger partial charge in [-0.15, -0.1) is 0 Å². The summed E-state index contributed by atoms with van der Waals surface area (Å²) in [6.45, 7) is 4.06. The van der Waals surface area contributed by atoms with Crippen LogP contribution in [0.3, 0.4) is 0 Å². The molecule has 0 saturated heterocycles. The Morgan fingerprint density at radius 1 is 1.33 bits per heavy atom. The fourth-order valence-electron chi connectivity index (χ4n) is 1.35. The molecule has 1 unspecified atom stereocenters. The van der Waals surface area contributed by atoms with E-state index >= 15 is 0 Å². The quantitative estimate of drug-likeness (QED) is 0.876. The van der Waals surface area contributed by atoms with E-state index in [9.17, 15) is 9.90 Å². The third kappa shape index (κ3) is 4.84. The molecule has 1 aromatic carbocycles. The first-order chi connectivity index (χ1) is 8.40. The molecule has 0 fully saturated rings. The fourth-order valence-corrected chi connectivity index (χ4v) is 1.67. The van der Waals surface area contributed by atoms with Gasteiger partial charge in [0.25, 0.3) is 0 Å². The first kappa shape index (κ1) is 15.3. The third-order valence-electron chi connectivity index (χ3n) is 2.63. The largest absolute Gasteiger partial charge is 0.391 e. The van der Waals surface area contributed by atoms with Gasteiger partial charge in [-0.3, -0.25) is 4.79 Å². The topological polar surface area (TPSA) is 49.3 Å². The monoisotopic (exact) mass is 289 g/mol. The Hall–Kier alpha value is -0.770. The van der Waals surface area contributed by atoms with E-state index < -0.39 is 6.10 Å². The van der Waals surface area contributed by atoms with E-state index in [-0.39, 0.29) is 24.8 Å². The Labute approximate surface area is 117 Å². The molecular formula is C13H17Cl2NO2. The molecule has 1 aromatic rings. The molecular weight excluding hydrogens is 273 g/mol. The molecule has 18 heavy (non-hydrogen) atoms. The van der Waals surface area contributed by atoms with Crippen LogP contribution in [0.1, 0.15) is 19.4 Å². The molecule has 1 rings (SSSR count). The van der Waals surface area contributed by atoms with E-state index in [1.54, 1.807) is 18.2 Å². The highest BCUT2D eigenvalue weighted by molar-refractivity contribution is 6.42. The summed E-state index contributed by atoms with van der Waals surface area (Å²) in [6.07, 6.45) is -0.301. The van der Waals surface area contributed by atoms with Gasteiger partial charge in [-0.2, -0.15) is 0 Å². The van der Waals surface area contributed by atoms with Crippen molar-refractivity contribution in [1.82, 2.24) is 5.32 Å². The second kappa shape index (κ2) is 6.98. The minimum atomic E-state index is -0.525. The second-order valence-corrected chi connectivity index (χ2v) is 5.36. The second-order valence-electron chi connectivity index (χ2n) is 4.54. The summed E-state index contributed by atoms with van der Waals surface area (Å²) in [4.78, 5) is 11.6. The summed E-state index contributed by atoms with van der Waals surface area (Å²) in [5, 5.41) is 13.2. The summed E-state index contributed by atoms with van der Waals surface area (Å²) in [5.74, 6) is -0.0247. The minimum Gasteiger partial charge on any atom is -0.391 e. The molecule has 0 aliphatic rings. The molecule has 1 atom stereocenters. The van der Waals surface area contributed by atoms with E-state index in [1.807, 2.05) is 13.8 Å². The number of aliphatic hydroxyl groups is 1. The summed E-state index contributed by atoms with van der Waals surface area (Å²) in [7, 11) is 0. The highest BCUT2D eigenvalue weighted by Crippen LogP contribution is 2.22. The smallest absolute Gasteiger partial charge is 0.224 e. The maximum atomic E-state index is 11.6. The van der Waals surface area contributed by atoms with Crippen LogP contribution in [-0.4, -0.2) is 23.7 Å². The van der Waals surface area contributed by atoms with Crippen molar-refractivity contribution in [1.29, 1.82) is 0 Å². The summed E-state index contributed by atoms with van der Waals surface area (Å²) in [5.41, 5.74) is 0.793. The van der Waals surface area contributed by atoms with E-state index in [0.29, 0.717) is 10.0 Å². The van der Waals surface area contributed by atoms with Crippen LogP contribution in [0.2, 0.25) is 10.0 Å². The maximum absolute atomic E-state index is 11.6. The van der Waals surface area contributed by atoms with Crippen LogP contribution >= 0.6 is 23.2 Å². The van der Waals surface area contributed by atoms with Crippen molar-refractivity contribution in [3.63, 3.8) is 0 Å². The normalized spacial score (nSPS) is 12.6. The van der Waals surface area contributed by atoms with Crippen LogP contribution in [0.4, 0.5) is 0 Å². The minimum absolute atomic E-state index is 0.121. The van der Waals surface area contributed by atoms with Gasteiger partial charge in [0.1, 0.15) is 0 Å². The number of carbonyl (C=O) groups is 1. The Balaban J connectivity index is 2.47. The SMILES string of the molecule is CC(C)C(O)CNC(=O)Cc1ccc(Cl)c(Cl)c1. The van der Waals surface area contributed by atoms with Crippen molar-refractivity contribution in [3.8, 4) is 0 Å². The maximum Gasteiger partial charge on any atom is 0.224 e. The van der Waals surface area contributed by atoms with Gasteiger partial charge < -0.3 is 10.4 Å². The Morgan fingerprint density at radius 2 is 2.00 bits per heavy atom. The Morgan fingerprint density at radius 3 is 2.56 bits per heavy atom. The number of aliphatic hydroxyl groups excluding tert-OH is 1. The van der Waals surface area contributed by atoms with Crippen LogP contribution in [-0.2, 0) is 11.2 Å². The lowest BCUT2D eigenvalue weighted by Gasteiger charge is -2.15. The zero-order chi connectivity index (χ0) is 13.7. The van der Waals surface area contributed by atoms with Crippen molar-refractivity contribution in [2.24, 2.45) is 5.92 Å². The van der Waals surface area contributed by atoms with E-state index in [4.69, 9.17) is 23.2 Å². The lowest BCUT2D eigenvalue weighted by molar-refractivity contribution is -0.121. The zero-order valence-corrected chi connectivity index (χ0v) is 11.9. The van der Waals surface area contributed by atoms with Crippen LogP contribution in [0, 0.1) is 5.92 Å². The number of hydrogen-bond acceptors (Lipinski definition) is 2. The van der Waals surface area contributed by atoms with Crippen molar-refractivity contribution in [2.45, 2.75) is 26.4 Å². The van der Waals surface area contributed by atoms with Crippen LogP contribution in [0.25, 0.3) is 0 Å². The first-order valence-corrected chi connectivity index (χ1v) is 6.54. The standard InChI is InChI=1S/C13H17Cl2NO2/c1-8(2)12(17)7-16-13(18)6-9-3-4-10(14)11(15)5-9/h3-5,8,12,17H,6-7H2,1-2H3,(H,16,18). The van der Waals surface area contributed by atoms with Crippen LogP contribution < -0.4 is 5.32 Å². The van der Waals surface area contributed by atoms with Gasteiger partial charge in [0.2, 0.25) is 5.91 Å². The number of amides is 1. The van der Waals surface area contributed by atoms with Gasteiger partial charge in [0.15, 0.2) is 0 Å². The molecule has 0 aliphatic carbocycles.